The van der Waals surface area contributed by atoms with Crippen molar-refractivity contribution in [3.63, 3.8) is 0 Å². The number of aliphatic carboxylic acids is 1. The lowest BCUT2D eigenvalue weighted by Crippen LogP contribution is -2.44. The van der Waals surface area contributed by atoms with Crippen molar-refractivity contribution in [2.45, 2.75) is 232 Å². The van der Waals surface area contributed by atoms with E-state index in [1.165, 1.54) is 19.3 Å². The Hall–Kier alpha value is -6.65. The van der Waals surface area contributed by atoms with Crippen LogP contribution in [0.1, 0.15) is 219 Å². The van der Waals surface area contributed by atoms with Gasteiger partial charge in [0, 0.05) is 12.8 Å². The van der Waals surface area contributed by atoms with Gasteiger partial charge in [0.1, 0.15) is 13.2 Å². The third kappa shape index (κ3) is 72.6. The van der Waals surface area contributed by atoms with E-state index in [2.05, 4.69) is 245 Å². The number of esters is 2. The molecule has 0 heterocycles. The summed E-state index contributed by atoms with van der Waals surface area (Å²) in [5.74, 6) is -2.39. The van der Waals surface area contributed by atoms with Crippen molar-refractivity contribution < 1.29 is 42.9 Å². The van der Waals surface area contributed by atoms with E-state index >= 15 is 0 Å². The number of allylic oxidation sites excluding steroid dienone is 38. The van der Waals surface area contributed by atoms with Crippen molar-refractivity contribution in [1.29, 1.82) is 0 Å². The van der Waals surface area contributed by atoms with E-state index in [1.54, 1.807) is 0 Å². The van der Waals surface area contributed by atoms with Crippen molar-refractivity contribution in [3.8, 4) is 0 Å². The van der Waals surface area contributed by atoms with E-state index in [0.717, 1.165) is 161 Å². The minimum atomic E-state index is -1.65. The average Bonchev–Trinajstić information content (AvgIpc) is 3.38. The van der Waals surface area contributed by atoms with Crippen molar-refractivity contribution in [1.82, 2.24) is 0 Å². The molecule has 0 aliphatic rings. The lowest BCUT2D eigenvalue weighted by molar-refractivity contribution is -0.870. The van der Waals surface area contributed by atoms with Gasteiger partial charge in [0.15, 0.2) is 12.4 Å². The van der Waals surface area contributed by atoms with Gasteiger partial charge in [-0.15, -0.1) is 0 Å². The van der Waals surface area contributed by atoms with Crippen LogP contribution >= 0.6 is 0 Å². The fraction of sp³-hybridized carbons (Fsp3) is 0.512. The van der Waals surface area contributed by atoms with Crippen LogP contribution in [-0.4, -0.2) is 82.3 Å². The summed E-state index contributed by atoms with van der Waals surface area (Å²) in [6.45, 7) is 4.42. The molecule has 0 aromatic rings. The predicted octanol–water partition coefficient (Wildman–Crippen LogP) is 21.3. The molecular formula is C84H127NO8. The number of hydrogen-bond acceptors (Lipinski definition) is 8. The Balaban J connectivity index is 4.33. The van der Waals surface area contributed by atoms with E-state index in [1.807, 2.05) is 21.1 Å². The average molecular weight is 1280 g/mol. The summed E-state index contributed by atoms with van der Waals surface area (Å²) < 4.78 is 22.7. The zero-order chi connectivity index (χ0) is 67.5. The van der Waals surface area contributed by atoms with Gasteiger partial charge in [-0.3, -0.25) is 9.59 Å². The number of ether oxygens (including phenoxy) is 4. The number of rotatable bonds is 62. The van der Waals surface area contributed by atoms with Crippen LogP contribution in [0.15, 0.2) is 231 Å². The first kappa shape index (κ1) is 86.4. The second-order valence-electron chi connectivity index (χ2n) is 23.7. The number of nitrogens with zero attached hydrogens (tertiary/aromatic N) is 1. The van der Waals surface area contributed by atoms with Crippen molar-refractivity contribution in [2.75, 3.05) is 47.5 Å². The number of carboxylic acid groups (broad SMARTS) is 1. The maximum atomic E-state index is 12.9. The van der Waals surface area contributed by atoms with Gasteiger partial charge in [-0.05, 0) is 161 Å². The SMILES string of the molecule is CC/C=C\C/C=C\C/C=C\C/C=C\C/C=C\C/C=C\C/C=C\C/C=C\C/C=C\C/C=C\C/C=C\C/C=C\CCCCC(=O)OC(COC(=O)CCCCCCCCC/C=C\C/C=C\C/C=C\C/C=C\C/C=C\C/C=C\C/C=C\CC)COC(OCC[N+](C)(C)C)C(=O)[O-]. The molecule has 0 saturated carbocycles. The van der Waals surface area contributed by atoms with Crippen LogP contribution in [0.2, 0.25) is 0 Å². The summed E-state index contributed by atoms with van der Waals surface area (Å²) >= 11 is 0. The van der Waals surface area contributed by atoms with E-state index in [4.69, 9.17) is 18.9 Å². The molecule has 0 aromatic carbocycles. The van der Waals surface area contributed by atoms with Crippen molar-refractivity contribution >= 4 is 17.9 Å². The zero-order valence-corrected chi connectivity index (χ0v) is 58.8. The van der Waals surface area contributed by atoms with Crippen molar-refractivity contribution in [3.05, 3.63) is 231 Å². The Morgan fingerprint density at radius 3 is 0.882 bits per heavy atom. The molecular weight excluding hydrogens is 1150 g/mol. The minimum absolute atomic E-state index is 0.123. The van der Waals surface area contributed by atoms with Gasteiger partial charge >= 0.3 is 11.9 Å². The molecule has 9 heteroatoms. The van der Waals surface area contributed by atoms with Crippen LogP contribution in [0.5, 0.6) is 0 Å². The maximum Gasteiger partial charge on any atom is 0.306 e. The highest BCUT2D eigenvalue weighted by Crippen LogP contribution is 2.13. The molecule has 0 spiro atoms. The van der Waals surface area contributed by atoms with Crippen LogP contribution in [0.3, 0.4) is 0 Å². The lowest BCUT2D eigenvalue weighted by atomic mass is 10.1. The normalized spacial score (nSPS) is 14.1. The zero-order valence-electron chi connectivity index (χ0n) is 58.8. The standard InChI is InChI=1S/C84H127NO8/c1-6-8-10-12-14-16-18-20-22-24-26-28-30-32-34-36-37-38-39-40-41-42-43-44-45-47-49-51-53-55-57-59-61-63-65-67-69-71-73-75-82(87)93-80(79-92-84(83(88)89)90-77-76-85(3,4)5)78-91-81(86)74-72-70-68-66-64-62-60-58-56-54-52-50-48-46-35-33-31-29-27-25-23-21-19-17-15-13-11-9-7-2/h8-11,14-17,20-23,26-29,32-35,37-38,40-41,43-44,47-50,53-56,59,61,65,67,80,84H,6-7,12-13,18-19,24-25,30-31,36,39,42,45-46,51-52,57-58,60,62-64,66,68-79H2,1-5H3/b10-8-,11-9-,16-14-,17-15-,22-20-,23-21-,28-26-,29-27-,34-32-,35-33-,38-37-,41-40-,44-43-,49-47-,50-48-,55-53-,56-54-,61-59-,67-65-. The molecule has 0 radical (unpaired) electrons. The van der Waals surface area contributed by atoms with Crippen LogP contribution < -0.4 is 5.11 Å². The first-order valence-electron chi connectivity index (χ1n) is 35.5. The Labute approximate surface area is 568 Å². The van der Waals surface area contributed by atoms with Gasteiger partial charge in [0.05, 0.1) is 40.3 Å². The van der Waals surface area contributed by atoms with Crippen LogP contribution in [0, 0.1) is 0 Å². The topological polar surface area (TPSA) is 111 Å². The third-order valence-electron chi connectivity index (χ3n) is 13.9. The van der Waals surface area contributed by atoms with E-state index < -0.39 is 30.3 Å². The molecule has 93 heavy (non-hydrogen) atoms. The Morgan fingerprint density at radius 1 is 0.323 bits per heavy atom. The minimum Gasteiger partial charge on any atom is -0.545 e. The van der Waals surface area contributed by atoms with Gasteiger partial charge < -0.3 is 33.3 Å². The number of carboxylic acids is 1. The molecule has 2 atom stereocenters. The molecule has 0 rings (SSSR count). The van der Waals surface area contributed by atoms with Crippen molar-refractivity contribution in [2.24, 2.45) is 0 Å². The predicted molar refractivity (Wildman–Crippen MR) is 397 cm³/mol. The fourth-order valence-electron chi connectivity index (χ4n) is 8.55. The first-order valence-corrected chi connectivity index (χ1v) is 35.5. The third-order valence-corrected chi connectivity index (χ3v) is 13.9. The molecule has 9 nitrogen and oxygen atoms in total. The van der Waals surface area contributed by atoms with E-state index in [0.29, 0.717) is 23.9 Å². The molecule has 0 amide bonds. The number of hydrogen-bond donors (Lipinski definition) is 0. The molecule has 0 aliphatic heterocycles. The molecule has 2 unspecified atom stereocenters. The molecule has 0 bridgehead atoms. The smallest absolute Gasteiger partial charge is 0.306 e. The van der Waals surface area contributed by atoms with Crippen LogP contribution in [-0.2, 0) is 33.3 Å². The number of unbranched alkanes of at least 4 members (excludes halogenated alkanes) is 9. The molecule has 0 N–H and O–H groups in total. The molecule has 0 fully saturated rings. The summed E-state index contributed by atoms with van der Waals surface area (Å²) in [6, 6.07) is 0. The molecule has 0 aromatic heterocycles. The fourth-order valence-corrected chi connectivity index (χ4v) is 8.55. The van der Waals surface area contributed by atoms with Crippen LogP contribution in [0.25, 0.3) is 0 Å². The summed E-state index contributed by atoms with van der Waals surface area (Å²) in [4.78, 5) is 37.5. The Kier molecular flexibility index (Phi) is 66.1. The highest BCUT2D eigenvalue weighted by atomic mass is 16.7. The number of carbonyl (C=O) groups excluding carboxylic acids is 3. The highest BCUT2D eigenvalue weighted by Gasteiger charge is 2.22. The van der Waals surface area contributed by atoms with E-state index in [-0.39, 0.29) is 32.7 Å². The summed E-state index contributed by atoms with van der Waals surface area (Å²) in [5.41, 5.74) is 0. The summed E-state index contributed by atoms with van der Waals surface area (Å²) in [5, 5.41) is 11.8. The van der Waals surface area contributed by atoms with Crippen LogP contribution in [0.4, 0.5) is 0 Å². The Morgan fingerprint density at radius 2 is 0.581 bits per heavy atom. The van der Waals surface area contributed by atoms with Gasteiger partial charge in [-0.25, -0.2) is 0 Å². The van der Waals surface area contributed by atoms with E-state index in [9.17, 15) is 19.5 Å². The number of likely N-dealkylation sites (N-methyl/N-ethyl adjacent to an activating group) is 1. The summed E-state index contributed by atoms with van der Waals surface area (Å²) in [6.07, 6.45) is 111. The molecule has 0 saturated heterocycles. The first-order chi connectivity index (χ1) is 45.6. The van der Waals surface area contributed by atoms with Gasteiger partial charge in [-0.1, -0.05) is 277 Å². The largest absolute Gasteiger partial charge is 0.545 e. The second kappa shape index (κ2) is 71.2. The molecule has 516 valence electrons. The Bertz CT molecular complexity index is 2380. The summed E-state index contributed by atoms with van der Waals surface area (Å²) in [7, 11) is 5.89. The number of carbonyl (C=O) groups is 3. The number of quaternary nitrogens is 1. The second-order valence-corrected chi connectivity index (χ2v) is 23.7. The van der Waals surface area contributed by atoms with Gasteiger partial charge in [0.25, 0.3) is 0 Å². The highest BCUT2D eigenvalue weighted by molar-refractivity contribution is 5.70. The quantitative estimate of drug-likeness (QED) is 0.0195. The van der Waals surface area contributed by atoms with Gasteiger partial charge in [-0.2, -0.15) is 0 Å². The van der Waals surface area contributed by atoms with Gasteiger partial charge in [0.2, 0.25) is 0 Å². The lowest BCUT2D eigenvalue weighted by Gasteiger charge is -2.26. The maximum absolute atomic E-state index is 12.9. The molecule has 0 aliphatic carbocycles. The monoisotopic (exact) mass is 1280 g/mol.